The summed E-state index contributed by atoms with van der Waals surface area (Å²) >= 11 is 0. The van der Waals surface area contributed by atoms with Gasteiger partial charge in [0, 0.05) is 20.1 Å². The number of hydrogen-bond donors (Lipinski definition) is 1. The van der Waals surface area contributed by atoms with Gasteiger partial charge in [-0.1, -0.05) is 13.0 Å². The number of rotatable bonds is 10. The van der Waals surface area contributed by atoms with Crippen LogP contribution in [0.5, 0.6) is 11.5 Å². The minimum atomic E-state index is -3.38. The van der Waals surface area contributed by atoms with Crippen molar-refractivity contribution >= 4 is 10.2 Å². The van der Waals surface area contributed by atoms with Crippen LogP contribution in [-0.2, 0) is 10.2 Å². The van der Waals surface area contributed by atoms with Crippen molar-refractivity contribution in [2.45, 2.75) is 32.1 Å². The third-order valence-corrected chi connectivity index (χ3v) is 6.18. The van der Waals surface area contributed by atoms with Gasteiger partial charge in [-0.2, -0.15) is 12.7 Å². The van der Waals surface area contributed by atoms with E-state index in [0.717, 1.165) is 6.42 Å². The highest BCUT2D eigenvalue weighted by Crippen LogP contribution is 2.46. The van der Waals surface area contributed by atoms with E-state index in [4.69, 9.17) is 9.47 Å². The molecule has 0 heterocycles. The van der Waals surface area contributed by atoms with E-state index in [9.17, 15) is 8.42 Å². The second kappa shape index (κ2) is 8.18. The lowest BCUT2D eigenvalue weighted by molar-refractivity contribution is 0.353. The Morgan fingerprint density at radius 2 is 1.92 bits per heavy atom. The average Bonchev–Trinajstić information content (AvgIpc) is 3.39. The van der Waals surface area contributed by atoms with Gasteiger partial charge in [0.25, 0.3) is 10.2 Å². The summed E-state index contributed by atoms with van der Waals surface area (Å²) in [7, 11) is 1.49. The first-order chi connectivity index (χ1) is 11.4. The average molecular weight is 356 g/mol. The summed E-state index contributed by atoms with van der Waals surface area (Å²) < 4.78 is 38.7. The van der Waals surface area contributed by atoms with Crippen molar-refractivity contribution in [3.63, 3.8) is 0 Å². The first-order valence-corrected chi connectivity index (χ1v) is 9.79. The normalized spacial score (nSPS) is 16.2. The Bertz CT molecular complexity index is 644. The molecule has 1 aromatic carbocycles. The fourth-order valence-corrected chi connectivity index (χ4v) is 3.92. The number of ether oxygens (including phenoxy) is 2. The number of methoxy groups -OCH3 is 2. The van der Waals surface area contributed by atoms with Gasteiger partial charge < -0.3 is 9.47 Å². The summed E-state index contributed by atoms with van der Waals surface area (Å²) in [5, 5.41) is 0. The zero-order valence-corrected chi connectivity index (χ0v) is 15.7. The van der Waals surface area contributed by atoms with Crippen LogP contribution in [0.1, 0.15) is 37.7 Å². The molecule has 1 N–H and O–H groups in total. The topological polar surface area (TPSA) is 67.9 Å². The summed E-state index contributed by atoms with van der Waals surface area (Å²) in [6.07, 6.45) is 3.19. The van der Waals surface area contributed by atoms with Crippen molar-refractivity contribution in [3.8, 4) is 11.5 Å². The van der Waals surface area contributed by atoms with E-state index in [1.54, 1.807) is 28.2 Å². The van der Waals surface area contributed by atoms with Crippen LogP contribution in [0.15, 0.2) is 18.2 Å². The van der Waals surface area contributed by atoms with Crippen molar-refractivity contribution < 1.29 is 17.9 Å². The molecule has 1 fully saturated rings. The van der Waals surface area contributed by atoms with E-state index < -0.39 is 10.2 Å². The van der Waals surface area contributed by atoms with Gasteiger partial charge in [0.2, 0.25) is 0 Å². The van der Waals surface area contributed by atoms with Gasteiger partial charge in [-0.25, -0.2) is 4.72 Å². The smallest absolute Gasteiger partial charge is 0.279 e. The molecule has 0 saturated heterocycles. The van der Waals surface area contributed by atoms with Crippen molar-refractivity contribution in [2.75, 3.05) is 34.4 Å². The monoisotopic (exact) mass is 356 g/mol. The quantitative estimate of drug-likeness (QED) is 0.699. The van der Waals surface area contributed by atoms with Crippen LogP contribution in [-0.4, -0.2) is 47.1 Å². The van der Waals surface area contributed by atoms with E-state index in [0.29, 0.717) is 36.4 Å². The maximum Gasteiger partial charge on any atom is 0.279 e. The van der Waals surface area contributed by atoms with E-state index in [1.807, 2.05) is 12.1 Å². The second-order valence-electron chi connectivity index (χ2n) is 6.17. The Kier molecular flexibility index (Phi) is 6.48. The molecular formula is C17H28N2O4S. The molecule has 0 aliphatic heterocycles. The fourth-order valence-electron chi connectivity index (χ4n) is 2.99. The molecule has 1 saturated carbocycles. The largest absolute Gasteiger partial charge is 0.493 e. The van der Waals surface area contributed by atoms with Crippen LogP contribution in [0, 0.1) is 5.92 Å². The minimum Gasteiger partial charge on any atom is -0.493 e. The summed E-state index contributed by atoms with van der Waals surface area (Å²) in [5.74, 6) is 2.39. The molecule has 1 atom stereocenters. The molecule has 0 bridgehead atoms. The molecule has 0 spiro atoms. The molecule has 136 valence electrons. The van der Waals surface area contributed by atoms with Gasteiger partial charge in [0.1, 0.15) is 0 Å². The van der Waals surface area contributed by atoms with Crippen molar-refractivity contribution in [1.82, 2.24) is 9.03 Å². The number of benzene rings is 1. The standard InChI is InChI=1S/C17H28N2O4S/c1-5-18-24(20,21)19(2)11-10-15(13-6-7-13)14-8-9-16(22-3)17(12-14)23-4/h8-9,12-13,15,18H,5-7,10-11H2,1-4H3. The van der Waals surface area contributed by atoms with Crippen LogP contribution < -0.4 is 14.2 Å². The highest BCUT2D eigenvalue weighted by Gasteiger charge is 2.33. The van der Waals surface area contributed by atoms with Crippen molar-refractivity contribution in [2.24, 2.45) is 5.92 Å². The molecule has 1 aliphatic rings. The Morgan fingerprint density at radius 1 is 1.25 bits per heavy atom. The lowest BCUT2D eigenvalue weighted by Crippen LogP contribution is -2.38. The molecule has 1 aromatic rings. The van der Waals surface area contributed by atoms with Crippen LogP contribution in [0.2, 0.25) is 0 Å². The molecular weight excluding hydrogens is 328 g/mol. The number of nitrogens with zero attached hydrogens (tertiary/aromatic N) is 1. The van der Waals surface area contributed by atoms with Gasteiger partial charge in [-0.3, -0.25) is 0 Å². The third-order valence-electron chi connectivity index (χ3n) is 4.52. The van der Waals surface area contributed by atoms with Crippen LogP contribution in [0.4, 0.5) is 0 Å². The summed E-state index contributed by atoms with van der Waals surface area (Å²) in [6.45, 7) is 2.67. The van der Waals surface area contributed by atoms with Crippen molar-refractivity contribution in [1.29, 1.82) is 0 Å². The molecule has 0 amide bonds. The lowest BCUT2D eigenvalue weighted by Gasteiger charge is -2.22. The van der Waals surface area contributed by atoms with Gasteiger partial charge in [0.15, 0.2) is 11.5 Å². The summed E-state index contributed by atoms with van der Waals surface area (Å²) in [6, 6.07) is 5.99. The van der Waals surface area contributed by atoms with Crippen LogP contribution in [0.25, 0.3) is 0 Å². The number of hydrogen-bond acceptors (Lipinski definition) is 4. The highest BCUT2D eigenvalue weighted by molar-refractivity contribution is 7.87. The van der Waals surface area contributed by atoms with Gasteiger partial charge in [-0.15, -0.1) is 0 Å². The summed E-state index contributed by atoms with van der Waals surface area (Å²) in [4.78, 5) is 0. The van der Waals surface area contributed by atoms with Crippen LogP contribution >= 0.6 is 0 Å². The van der Waals surface area contributed by atoms with E-state index in [1.165, 1.54) is 22.7 Å². The zero-order chi connectivity index (χ0) is 17.7. The van der Waals surface area contributed by atoms with Gasteiger partial charge in [0.05, 0.1) is 14.2 Å². The molecule has 24 heavy (non-hydrogen) atoms. The summed E-state index contributed by atoms with van der Waals surface area (Å²) in [5.41, 5.74) is 1.18. The molecule has 0 radical (unpaired) electrons. The number of nitrogens with one attached hydrogen (secondary N) is 1. The van der Waals surface area contributed by atoms with Gasteiger partial charge in [-0.05, 0) is 48.8 Å². The molecule has 0 aromatic heterocycles. The zero-order valence-electron chi connectivity index (χ0n) is 14.9. The SMILES string of the molecule is CCNS(=O)(=O)N(C)CCC(c1ccc(OC)c(OC)c1)C1CC1. The Morgan fingerprint density at radius 3 is 2.46 bits per heavy atom. The lowest BCUT2D eigenvalue weighted by atomic mass is 9.90. The predicted molar refractivity (Wildman–Crippen MR) is 94.9 cm³/mol. The minimum absolute atomic E-state index is 0.337. The Balaban J connectivity index is 2.10. The molecule has 1 unspecified atom stereocenters. The maximum atomic E-state index is 12.0. The second-order valence-corrected chi connectivity index (χ2v) is 8.03. The highest BCUT2D eigenvalue weighted by atomic mass is 32.2. The van der Waals surface area contributed by atoms with Crippen molar-refractivity contribution in [3.05, 3.63) is 23.8 Å². The van der Waals surface area contributed by atoms with Crippen LogP contribution in [0.3, 0.4) is 0 Å². The molecule has 2 rings (SSSR count). The Hall–Kier alpha value is -1.31. The molecule has 1 aliphatic carbocycles. The first kappa shape index (κ1) is 19.0. The maximum absolute atomic E-state index is 12.0. The van der Waals surface area contributed by atoms with Gasteiger partial charge >= 0.3 is 0 Å². The fraction of sp³-hybridized carbons (Fsp3) is 0.647. The third kappa shape index (κ3) is 4.62. The van der Waals surface area contributed by atoms with E-state index in [-0.39, 0.29) is 0 Å². The predicted octanol–water partition coefficient (Wildman–Crippen LogP) is 2.37. The van der Waals surface area contributed by atoms with E-state index in [2.05, 4.69) is 10.8 Å². The first-order valence-electron chi connectivity index (χ1n) is 8.35. The molecule has 7 heteroatoms. The molecule has 6 nitrogen and oxygen atoms in total. The Labute approximate surface area is 145 Å². The van der Waals surface area contributed by atoms with E-state index >= 15 is 0 Å².